The molecule has 4 rings (SSSR count). The minimum atomic E-state index is 0.257. The Hall–Kier alpha value is -2.29. The molecule has 0 bridgehead atoms. The van der Waals surface area contributed by atoms with Crippen LogP contribution < -0.4 is 9.75 Å². The second-order valence-corrected chi connectivity index (χ2v) is 4.90. The highest BCUT2D eigenvalue weighted by Crippen LogP contribution is 2.43. The third kappa shape index (κ3) is 1.62. The molecule has 2 aromatic carbocycles. The molecule has 19 heavy (non-hydrogen) atoms. The Morgan fingerprint density at radius 1 is 1.00 bits per heavy atom. The fourth-order valence-electron chi connectivity index (χ4n) is 2.84. The zero-order valence-electron chi connectivity index (χ0n) is 10.4. The summed E-state index contributed by atoms with van der Waals surface area (Å²) in [5.41, 5.74) is 2.35. The molecule has 2 atom stereocenters. The molecule has 2 aliphatic heterocycles. The van der Waals surface area contributed by atoms with Gasteiger partial charge in [0.25, 0.3) is 0 Å². The maximum atomic E-state index is 5.80. The number of hydrazone groups is 1. The van der Waals surface area contributed by atoms with Gasteiger partial charge >= 0.3 is 0 Å². The van der Waals surface area contributed by atoms with E-state index in [1.165, 1.54) is 5.56 Å². The summed E-state index contributed by atoms with van der Waals surface area (Å²) in [4.78, 5) is 0. The SMILES string of the molecule is C1=NN(c2ccccc2)[C@H]2c3ccccc3OC[C@H]12. The van der Waals surface area contributed by atoms with Gasteiger partial charge in [0.1, 0.15) is 5.75 Å². The highest BCUT2D eigenvalue weighted by atomic mass is 16.5. The van der Waals surface area contributed by atoms with Gasteiger partial charge in [0, 0.05) is 11.8 Å². The summed E-state index contributed by atoms with van der Waals surface area (Å²) in [6.07, 6.45) is 2.01. The number of hydrogen-bond acceptors (Lipinski definition) is 3. The Labute approximate surface area is 112 Å². The first-order valence-electron chi connectivity index (χ1n) is 6.53. The monoisotopic (exact) mass is 250 g/mol. The topological polar surface area (TPSA) is 24.8 Å². The Balaban J connectivity index is 1.79. The summed E-state index contributed by atoms with van der Waals surface area (Å²) < 4.78 is 5.80. The van der Waals surface area contributed by atoms with Crippen molar-refractivity contribution in [2.45, 2.75) is 6.04 Å². The first kappa shape index (κ1) is 10.6. The lowest BCUT2D eigenvalue weighted by molar-refractivity contribution is 0.241. The number of para-hydroxylation sites is 2. The van der Waals surface area contributed by atoms with Crippen LogP contribution in [-0.4, -0.2) is 12.8 Å². The van der Waals surface area contributed by atoms with Crippen LogP contribution in [0.1, 0.15) is 11.6 Å². The molecule has 0 aromatic heterocycles. The van der Waals surface area contributed by atoms with Gasteiger partial charge in [0.15, 0.2) is 0 Å². The van der Waals surface area contributed by atoms with Gasteiger partial charge in [-0.05, 0) is 18.2 Å². The molecule has 94 valence electrons. The largest absolute Gasteiger partial charge is 0.492 e. The van der Waals surface area contributed by atoms with Crippen LogP contribution in [0.5, 0.6) is 5.75 Å². The molecule has 0 amide bonds. The molecular formula is C16H14N2O. The number of fused-ring (bicyclic) bond motifs is 3. The quantitative estimate of drug-likeness (QED) is 0.776. The average molecular weight is 250 g/mol. The van der Waals surface area contributed by atoms with Crippen molar-refractivity contribution in [3.05, 3.63) is 60.2 Å². The molecule has 0 aliphatic carbocycles. The zero-order chi connectivity index (χ0) is 12.7. The average Bonchev–Trinajstić information content (AvgIpc) is 2.92. The maximum Gasteiger partial charge on any atom is 0.124 e. The highest BCUT2D eigenvalue weighted by Gasteiger charge is 2.38. The molecule has 3 nitrogen and oxygen atoms in total. The van der Waals surface area contributed by atoms with Crippen LogP contribution in [0.3, 0.4) is 0 Å². The lowest BCUT2D eigenvalue weighted by Gasteiger charge is -2.33. The van der Waals surface area contributed by atoms with Crippen molar-refractivity contribution in [2.24, 2.45) is 11.0 Å². The molecule has 3 heteroatoms. The molecule has 0 N–H and O–H groups in total. The Morgan fingerprint density at radius 2 is 1.79 bits per heavy atom. The van der Waals surface area contributed by atoms with Crippen molar-refractivity contribution in [3.63, 3.8) is 0 Å². The number of ether oxygens (including phenoxy) is 1. The Morgan fingerprint density at radius 3 is 2.68 bits per heavy atom. The van der Waals surface area contributed by atoms with Gasteiger partial charge in [0.2, 0.25) is 0 Å². The molecular weight excluding hydrogens is 236 g/mol. The van der Waals surface area contributed by atoms with Crippen molar-refractivity contribution in [1.82, 2.24) is 0 Å². The zero-order valence-corrected chi connectivity index (χ0v) is 10.4. The van der Waals surface area contributed by atoms with E-state index in [-0.39, 0.29) is 6.04 Å². The summed E-state index contributed by atoms with van der Waals surface area (Å²) in [5, 5.41) is 6.68. The van der Waals surface area contributed by atoms with Crippen LogP contribution in [0.2, 0.25) is 0 Å². The molecule has 2 aromatic rings. The van der Waals surface area contributed by atoms with Crippen molar-refractivity contribution in [3.8, 4) is 5.75 Å². The minimum Gasteiger partial charge on any atom is -0.492 e. The van der Waals surface area contributed by atoms with Crippen LogP contribution in [0, 0.1) is 5.92 Å². The van der Waals surface area contributed by atoms with E-state index in [2.05, 4.69) is 34.4 Å². The molecule has 0 spiro atoms. The predicted octanol–water partition coefficient (Wildman–Crippen LogP) is 3.24. The van der Waals surface area contributed by atoms with E-state index in [1.54, 1.807) is 0 Å². The fraction of sp³-hybridized carbons (Fsp3) is 0.188. The molecule has 2 aliphatic rings. The van der Waals surface area contributed by atoms with Crippen molar-refractivity contribution < 1.29 is 4.74 Å². The molecule has 0 saturated heterocycles. The van der Waals surface area contributed by atoms with Gasteiger partial charge in [-0.2, -0.15) is 5.10 Å². The number of anilines is 1. The van der Waals surface area contributed by atoms with Crippen molar-refractivity contribution >= 4 is 11.9 Å². The Bertz CT molecular complexity index is 624. The first-order chi connectivity index (χ1) is 9.43. The van der Waals surface area contributed by atoms with E-state index in [9.17, 15) is 0 Å². The molecule has 2 heterocycles. The van der Waals surface area contributed by atoms with E-state index < -0.39 is 0 Å². The van der Waals surface area contributed by atoms with Crippen molar-refractivity contribution in [2.75, 3.05) is 11.6 Å². The number of rotatable bonds is 1. The van der Waals surface area contributed by atoms with Gasteiger partial charge in [-0.15, -0.1) is 0 Å². The van der Waals surface area contributed by atoms with Gasteiger partial charge < -0.3 is 4.74 Å². The number of nitrogens with zero attached hydrogens (tertiary/aromatic N) is 2. The molecule has 0 fully saturated rings. The summed E-state index contributed by atoms with van der Waals surface area (Å²) in [5.74, 6) is 1.31. The van der Waals surface area contributed by atoms with Gasteiger partial charge in [-0.3, -0.25) is 5.01 Å². The van der Waals surface area contributed by atoms with Gasteiger partial charge in [-0.25, -0.2) is 0 Å². The second kappa shape index (κ2) is 4.12. The number of hydrogen-bond donors (Lipinski definition) is 0. The smallest absolute Gasteiger partial charge is 0.124 e. The van der Waals surface area contributed by atoms with E-state index in [0.29, 0.717) is 12.5 Å². The molecule has 0 saturated carbocycles. The van der Waals surface area contributed by atoms with E-state index in [1.807, 2.05) is 36.5 Å². The van der Waals surface area contributed by atoms with E-state index >= 15 is 0 Å². The first-order valence-corrected chi connectivity index (χ1v) is 6.53. The third-order valence-electron chi connectivity index (χ3n) is 3.74. The second-order valence-electron chi connectivity index (χ2n) is 4.90. The fourth-order valence-corrected chi connectivity index (χ4v) is 2.84. The predicted molar refractivity (Wildman–Crippen MR) is 75.6 cm³/mol. The van der Waals surface area contributed by atoms with E-state index in [0.717, 1.165) is 11.4 Å². The number of benzene rings is 2. The third-order valence-corrected chi connectivity index (χ3v) is 3.74. The van der Waals surface area contributed by atoms with Crippen LogP contribution in [0.4, 0.5) is 5.69 Å². The minimum absolute atomic E-state index is 0.257. The van der Waals surface area contributed by atoms with Gasteiger partial charge in [-0.1, -0.05) is 36.4 Å². The normalized spacial score (nSPS) is 23.7. The molecule has 0 unspecified atom stereocenters. The van der Waals surface area contributed by atoms with Gasteiger partial charge in [0.05, 0.1) is 24.3 Å². The van der Waals surface area contributed by atoms with Crippen LogP contribution in [-0.2, 0) is 0 Å². The highest BCUT2D eigenvalue weighted by molar-refractivity contribution is 5.72. The van der Waals surface area contributed by atoms with Crippen LogP contribution in [0.15, 0.2) is 59.7 Å². The lowest BCUT2D eigenvalue weighted by atomic mass is 9.92. The van der Waals surface area contributed by atoms with E-state index in [4.69, 9.17) is 4.74 Å². The van der Waals surface area contributed by atoms with Crippen LogP contribution >= 0.6 is 0 Å². The summed E-state index contributed by atoms with van der Waals surface area (Å²) in [7, 11) is 0. The summed E-state index contributed by atoms with van der Waals surface area (Å²) in [6, 6.07) is 18.8. The lowest BCUT2D eigenvalue weighted by Crippen LogP contribution is -2.31. The summed E-state index contributed by atoms with van der Waals surface area (Å²) >= 11 is 0. The Kier molecular flexibility index (Phi) is 2.30. The summed E-state index contributed by atoms with van der Waals surface area (Å²) in [6.45, 7) is 0.703. The van der Waals surface area contributed by atoms with Crippen LogP contribution in [0.25, 0.3) is 0 Å². The molecule has 0 radical (unpaired) electrons. The standard InChI is InChI=1S/C16H14N2O/c1-2-6-13(7-3-1)18-16-12(10-17-18)11-19-15-9-5-4-8-14(15)16/h1-10,12,16H,11H2/t12-,16+/m0/s1. The maximum absolute atomic E-state index is 5.80. The van der Waals surface area contributed by atoms with Crippen molar-refractivity contribution in [1.29, 1.82) is 0 Å².